The second kappa shape index (κ2) is 9.87. The number of hydrogen-bond donors (Lipinski definition) is 4. The van der Waals surface area contributed by atoms with Crippen LogP contribution < -0.4 is 11.1 Å². The third-order valence-electron chi connectivity index (χ3n) is 6.17. The highest BCUT2D eigenvalue weighted by molar-refractivity contribution is 5.93. The van der Waals surface area contributed by atoms with Crippen molar-refractivity contribution in [3.05, 3.63) is 71.9 Å². The number of carbonyl (C=O) groups excluding carboxylic acids is 2. The number of hydrogen-bond acceptors (Lipinski definition) is 4. The number of rotatable bonds is 8. The van der Waals surface area contributed by atoms with Crippen LogP contribution in [0.5, 0.6) is 0 Å². The van der Waals surface area contributed by atoms with Gasteiger partial charge in [-0.15, -0.1) is 0 Å². The van der Waals surface area contributed by atoms with Gasteiger partial charge in [0.25, 0.3) is 0 Å². The third kappa shape index (κ3) is 5.06. The van der Waals surface area contributed by atoms with E-state index in [9.17, 15) is 19.5 Å². The van der Waals surface area contributed by atoms with E-state index < -0.39 is 30.0 Å². The fourth-order valence-electron chi connectivity index (χ4n) is 4.46. The largest absolute Gasteiger partial charge is 0.480 e. The number of nitrogens with one attached hydrogen (secondary N) is 2. The molecule has 3 atom stereocenters. The van der Waals surface area contributed by atoms with Gasteiger partial charge in [-0.05, 0) is 36.5 Å². The maximum absolute atomic E-state index is 13.1. The van der Waals surface area contributed by atoms with Crippen molar-refractivity contribution in [2.75, 3.05) is 6.54 Å². The zero-order valence-electron chi connectivity index (χ0n) is 18.2. The van der Waals surface area contributed by atoms with Gasteiger partial charge in [0, 0.05) is 30.1 Å². The van der Waals surface area contributed by atoms with Crippen molar-refractivity contribution in [3.63, 3.8) is 0 Å². The molecule has 1 aromatic heterocycles. The number of carbonyl (C=O) groups is 3. The number of aromatic amines is 1. The predicted octanol–water partition coefficient (Wildman–Crippen LogP) is 1.84. The number of para-hydroxylation sites is 1. The van der Waals surface area contributed by atoms with Crippen LogP contribution in [0.2, 0.25) is 0 Å². The van der Waals surface area contributed by atoms with Crippen LogP contribution in [0, 0.1) is 0 Å². The van der Waals surface area contributed by atoms with Crippen LogP contribution in [0.4, 0.5) is 0 Å². The monoisotopic (exact) mass is 448 g/mol. The van der Waals surface area contributed by atoms with Crippen molar-refractivity contribution in [1.82, 2.24) is 15.2 Å². The molecule has 1 fully saturated rings. The van der Waals surface area contributed by atoms with Crippen LogP contribution in [0.15, 0.2) is 60.8 Å². The molecule has 4 rings (SSSR count). The van der Waals surface area contributed by atoms with Gasteiger partial charge < -0.3 is 26.0 Å². The van der Waals surface area contributed by atoms with Crippen molar-refractivity contribution in [2.45, 2.75) is 43.8 Å². The van der Waals surface area contributed by atoms with Gasteiger partial charge in [-0.1, -0.05) is 48.5 Å². The molecular weight excluding hydrogens is 420 g/mol. The Kier molecular flexibility index (Phi) is 6.74. The SMILES string of the molecule is NC(Cc1c[nH]c2ccccc12)C(=O)N1CCCC1C(=O)NC(Cc1ccccc1)C(=O)O. The summed E-state index contributed by atoms with van der Waals surface area (Å²) in [5.41, 5.74) is 8.99. The second-order valence-electron chi connectivity index (χ2n) is 8.45. The lowest BCUT2D eigenvalue weighted by atomic mass is 10.0. The summed E-state index contributed by atoms with van der Waals surface area (Å²) in [6.07, 6.45) is 3.52. The van der Waals surface area contributed by atoms with Crippen LogP contribution in [0.1, 0.15) is 24.0 Å². The Hall–Kier alpha value is -3.65. The Morgan fingerprint density at radius 3 is 2.58 bits per heavy atom. The summed E-state index contributed by atoms with van der Waals surface area (Å²) in [5, 5.41) is 13.2. The van der Waals surface area contributed by atoms with Crippen LogP contribution >= 0.6 is 0 Å². The molecule has 3 aromatic rings. The highest BCUT2D eigenvalue weighted by Crippen LogP contribution is 2.22. The minimum Gasteiger partial charge on any atom is -0.480 e. The number of fused-ring (bicyclic) bond motifs is 1. The van der Waals surface area contributed by atoms with Crippen molar-refractivity contribution < 1.29 is 19.5 Å². The number of likely N-dealkylation sites (tertiary alicyclic amines) is 1. The second-order valence-corrected chi connectivity index (χ2v) is 8.45. The summed E-state index contributed by atoms with van der Waals surface area (Å²) in [6.45, 7) is 0.426. The van der Waals surface area contributed by atoms with Gasteiger partial charge in [0.05, 0.1) is 6.04 Å². The number of H-pyrrole nitrogens is 1. The van der Waals surface area contributed by atoms with E-state index >= 15 is 0 Å². The first-order valence-corrected chi connectivity index (χ1v) is 11.1. The Balaban J connectivity index is 1.42. The molecule has 0 radical (unpaired) electrons. The van der Waals surface area contributed by atoms with E-state index in [1.807, 2.05) is 60.8 Å². The molecule has 2 amide bonds. The van der Waals surface area contributed by atoms with Gasteiger partial charge in [0.2, 0.25) is 11.8 Å². The summed E-state index contributed by atoms with van der Waals surface area (Å²) in [7, 11) is 0. The molecule has 1 aliphatic heterocycles. The molecule has 2 heterocycles. The number of carboxylic acids is 1. The molecule has 8 heteroatoms. The number of carboxylic acid groups (broad SMARTS) is 1. The van der Waals surface area contributed by atoms with E-state index in [1.54, 1.807) is 0 Å². The zero-order valence-corrected chi connectivity index (χ0v) is 18.2. The topological polar surface area (TPSA) is 129 Å². The smallest absolute Gasteiger partial charge is 0.326 e. The van der Waals surface area contributed by atoms with E-state index in [0.717, 1.165) is 22.0 Å². The van der Waals surface area contributed by atoms with Gasteiger partial charge in [-0.2, -0.15) is 0 Å². The first-order valence-electron chi connectivity index (χ1n) is 11.1. The molecule has 8 nitrogen and oxygen atoms in total. The Morgan fingerprint density at radius 1 is 1.09 bits per heavy atom. The molecule has 172 valence electrons. The molecule has 5 N–H and O–H groups in total. The lowest BCUT2D eigenvalue weighted by Crippen LogP contribution is -2.54. The summed E-state index contributed by atoms with van der Waals surface area (Å²) in [4.78, 5) is 42.5. The fraction of sp³-hybridized carbons (Fsp3) is 0.320. The molecule has 1 saturated heterocycles. The standard InChI is InChI=1S/C25H28N4O4/c26-19(14-17-15-27-20-10-5-4-9-18(17)20)24(31)29-12-6-11-22(29)23(30)28-21(25(32)33)13-16-7-2-1-3-8-16/h1-5,7-10,15,19,21-22,27H,6,11-14,26H2,(H,28,30)(H,32,33). The van der Waals surface area contributed by atoms with Crippen molar-refractivity contribution in [3.8, 4) is 0 Å². The molecule has 33 heavy (non-hydrogen) atoms. The Bertz CT molecular complexity index is 1140. The molecule has 2 aromatic carbocycles. The number of amides is 2. The van der Waals surface area contributed by atoms with Crippen LogP contribution in [0.25, 0.3) is 10.9 Å². The van der Waals surface area contributed by atoms with Crippen molar-refractivity contribution >= 4 is 28.7 Å². The van der Waals surface area contributed by atoms with Crippen molar-refractivity contribution in [2.24, 2.45) is 5.73 Å². The first-order chi connectivity index (χ1) is 15.9. The lowest BCUT2D eigenvalue weighted by Gasteiger charge is -2.27. The zero-order chi connectivity index (χ0) is 23.4. The Morgan fingerprint density at radius 2 is 1.82 bits per heavy atom. The maximum atomic E-state index is 13.1. The predicted molar refractivity (Wildman–Crippen MR) is 124 cm³/mol. The van der Waals surface area contributed by atoms with Crippen LogP contribution in [0.3, 0.4) is 0 Å². The summed E-state index contributed by atoms with van der Waals surface area (Å²) < 4.78 is 0. The summed E-state index contributed by atoms with van der Waals surface area (Å²) >= 11 is 0. The molecule has 3 unspecified atom stereocenters. The molecule has 0 spiro atoms. The van der Waals surface area contributed by atoms with Gasteiger partial charge in [-0.3, -0.25) is 9.59 Å². The number of benzene rings is 2. The maximum Gasteiger partial charge on any atom is 0.326 e. The molecule has 0 bridgehead atoms. The quantitative estimate of drug-likeness (QED) is 0.418. The van der Waals surface area contributed by atoms with Crippen molar-refractivity contribution in [1.29, 1.82) is 0 Å². The molecule has 1 aliphatic rings. The van der Waals surface area contributed by atoms with E-state index in [-0.39, 0.29) is 12.3 Å². The first kappa shape index (κ1) is 22.5. The summed E-state index contributed by atoms with van der Waals surface area (Å²) in [5.74, 6) is -1.87. The average molecular weight is 449 g/mol. The highest BCUT2D eigenvalue weighted by Gasteiger charge is 2.37. The number of aromatic nitrogens is 1. The number of nitrogens with two attached hydrogens (primary N) is 1. The lowest BCUT2D eigenvalue weighted by molar-refractivity contribution is -0.144. The molecule has 0 aliphatic carbocycles. The van der Waals surface area contributed by atoms with E-state index in [0.29, 0.717) is 25.8 Å². The van der Waals surface area contributed by atoms with Gasteiger partial charge >= 0.3 is 5.97 Å². The van der Waals surface area contributed by atoms with E-state index in [1.165, 1.54) is 4.90 Å². The van der Waals surface area contributed by atoms with Gasteiger partial charge in [0.15, 0.2) is 0 Å². The number of nitrogens with zero attached hydrogens (tertiary/aromatic N) is 1. The normalized spacial score (nSPS) is 17.6. The van der Waals surface area contributed by atoms with Crippen LogP contribution in [-0.4, -0.2) is 57.4 Å². The third-order valence-corrected chi connectivity index (χ3v) is 6.17. The number of aliphatic carboxylic acids is 1. The minimum absolute atomic E-state index is 0.169. The fourth-order valence-corrected chi connectivity index (χ4v) is 4.46. The summed E-state index contributed by atoms with van der Waals surface area (Å²) in [6, 6.07) is 14.3. The van der Waals surface area contributed by atoms with Gasteiger partial charge in [-0.25, -0.2) is 4.79 Å². The van der Waals surface area contributed by atoms with E-state index in [2.05, 4.69) is 10.3 Å². The Labute approximate surface area is 191 Å². The highest BCUT2D eigenvalue weighted by atomic mass is 16.4. The van der Waals surface area contributed by atoms with E-state index in [4.69, 9.17) is 5.73 Å². The van der Waals surface area contributed by atoms with Gasteiger partial charge in [0.1, 0.15) is 12.1 Å². The van der Waals surface area contributed by atoms with Crippen LogP contribution in [-0.2, 0) is 27.2 Å². The minimum atomic E-state index is -1.11. The molecular formula is C25H28N4O4. The average Bonchev–Trinajstić information content (AvgIpc) is 3.46. The molecule has 0 saturated carbocycles.